The maximum absolute atomic E-state index is 11.8. The summed E-state index contributed by atoms with van der Waals surface area (Å²) in [7, 11) is 0. The van der Waals surface area contributed by atoms with Crippen molar-refractivity contribution >= 4 is 34.4 Å². The van der Waals surface area contributed by atoms with Gasteiger partial charge in [0.1, 0.15) is 0 Å². The molecule has 0 aliphatic carbocycles. The van der Waals surface area contributed by atoms with Crippen molar-refractivity contribution in [2.24, 2.45) is 0 Å². The van der Waals surface area contributed by atoms with Crippen LogP contribution in [0.4, 0.5) is 5.69 Å². The Balaban J connectivity index is 2.25. The second-order valence-electron chi connectivity index (χ2n) is 4.69. The Labute approximate surface area is 116 Å². The average molecular weight is 278 g/mol. The number of hydrogen-bond acceptors (Lipinski definition) is 4. The lowest BCUT2D eigenvalue weighted by molar-refractivity contribution is -0.115. The van der Waals surface area contributed by atoms with Gasteiger partial charge in [-0.3, -0.25) is 4.79 Å². The summed E-state index contributed by atoms with van der Waals surface area (Å²) in [6.07, 6.45) is 5.36. The Bertz CT molecular complexity index is 593. The van der Waals surface area contributed by atoms with E-state index in [4.69, 9.17) is 0 Å². The normalized spacial score (nSPS) is 12.9. The molecule has 2 aromatic heterocycles. The largest absolute Gasteiger partial charge is 0.324 e. The number of carbonyl (C=O) groups is 1. The highest BCUT2D eigenvalue weighted by Crippen LogP contribution is 2.19. The molecule has 1 N–H and O–H groups in total. The van der Waals surface area contributed by atoms with Crippen LogP contribution < -0.4 is 5.32 Å². The van der Waals surface area contributed by atoms with E-state index in [9.17, 15) is 4.79 Å². The van der Waals surface area contributed by atoms with E-state index in [1.54, 1.807) is 12.4 Å². The van der Waals surface area contributed by atoms with Crippen LogP contribution in [0.15, 0.2) is 18.5 Å². The molecule has 0 aromatic carbocycles. The van der Waals surface area contributed by atoms with E-state index in [1.807, 2.05) is 23.9 Å². The SMILES string of the molecule is CS[C@@H](C)C(=O)Nc1cnc2c(cnn2C(C)C)c1. The van der Waals surface area contributed by atoms with Crippen LogP contribution in [0.2, 0.25) is 0 Å². The Morgan fingerprint density at radius 2 is 2.11 bits per heavy atom. The van der Waals surface area contributed by atoms with Crippen molar-refractivity contribution < 1.29 is 4.79 Å². The van der Waals surface area contributed by atoms with Gasteiger partial charge in [-0.05, 0) is 33.1 Å². The van der Waals surface area contributed by atoms with E-state index in [-0.39, 0.29) is 17.2 Å². The highest BCUT2D eigenvalue weighted by atomic mass is 32.2. The smallest absolute Gasteiger partial charge is 0.237 e. The van der Waals surface area contributed by atoms with Gasteiger partial charge in [-0.15, -0.1) is 0 Å². The summed E-state index contributed by atoms with van der Waals surface area (Å²) in [6, 6.07) is 2.17. The molecule has 0 bridgehead atoms. The molecule has 1 atom stereocenters. The van der Waals surface area contributed by atoms with E-state index in [1.165, 1.54) is 11.8 Å². The van der Waals surface area contributed by atoms with Crippen LogP contribution in [-0.2, 0) is 4.79 Å². The van der Waals surface area contributed by atoms with Crippen LogP contribution in [-0.4, -0.2) is 32.2 Å². The fraction of sp³-hybridized carbons (Fsp3) is 0.462. The minimum atomic E-state index is -0.0749. The van der Waals surface area contributed by atoms with Crippen LogP contribution in [0, 0.1) is 0 Å². The maximum Gasteiger partial charge on any atom is 0.237 e. The standard InChI is InChI=1S/C13H18N4OS/c1-8(2)17-12-10(6-15-17)5-11(7-14-12)16-13(18)9(3)19-4/h5-9H,1-4H3,(H,16,18)/t9-/m0/s1. The summed E-state index contributed by atoms with van der Waals surface area (Å²) in [5.74, 6) is -0.00935. The first kappa shape index (κ1) is 13.9. The first-order valence-corrected chi connectivity index (χ1v) is 7.48. The van der Waals surface area contributed by atoms with Gasteiger partial charge in [0.15, 0.2) is 5.65 Å². The third-order valence-electron chi connectivity index (χ3n) is 2.91. The van der Waals surface area contributed by atoms with E-state index in [2.05, 4.69) is 29.2 Å². The first-order chi connectivity index (χ1) is 9.02. The summed E-state index contributed by atoms with van der Waals surface area (Å²) in [5, 5.41) is 8.03. The summed E-state index contributed by atoms with van der Waals surface area (Å²) >= 11 is 1.51. The van der Waals surface area contributed by atoms with Crippen LogP contribution in [0.3, 0.4) is 0 Å². The average Bonchev–Trinajstić information content (AvgIpc) is 2.80. The van der Waals surface area contributed by atoms with Gasteiger partial charge in [-0.1, -0.05) is 0 Å². The predicted octanol–water partition coefficient (Wildman–Crippen LogP) is 2.70. The van der Waals surface area contributed by atoms with Gasteiger partial charge in [-0.2, -0.15) is 16.9 Å². The Hall–Kier alpha value is -1.56. The molecule has 1 amide bonds. The molecule has 2 heterocycles. The molecule has 0 aliphatic rings. The molecule has 2 aromatic rings. The third-order valence-corrected chi connectivity index (χ3v) is 3.83. The quantitative estimate of drug-likeness (QED) is 0.934. The summed E-state index contributed by atoms with van der Waals surface area (Å²) < 4.78 is 1.87. The number of pyridine rings is 1. The van der Waals surface area contributed by atoms with Crippen molar-refractivity contribution in [2.75, 3.05) is 11.6 Å². The van der Waals surface area contributed by atoms with Crippen LogP contribution in [0.1, 0.15) is 26.8 Å². The number of carbonyl (C=O) groups excluding carboxylic acids is 1. The van der Waals surface area contributed by atoms with E-state index in [0.29, 0.717) is 5.69 Å². The summed E-state index contributed by atoms with van der Waals surface area (Å²) in [4.78, 5) is 16.2. The minimum absolute atomic E-state index is 0.00935. The maximum atomic E-state index is 11.8. The number of thioether (sulfide) groups is 1. The van der Waals surface area contributed by atoms with Crippen LogP contribution in [0.5, 0.6) is 0 Å². The zero-order chi connectivity index (χ0) is 14.0. The van der Waals surface area contributed by atoms with Crippen molar-refractivity contribution in [3.05, 3.63) is 18.5 Å². The van der Waals surface area contributed by atoms with E-state index < -0.39 is 0 Å². The lowest BCUT2D eigenvalue weighted by Crippen LogP contribution is -2.22. The Morgan fingerprint density at radius 3 is 2.74 bits per heavy atom. The molecule has 0 saturated carbocycles. The van der Waals surface area contributed by atoms with Crippen molar-refractivity contribution in [1.29, 1.82) is 0 Å². The van der Waals surface area contributed by atoms with Crippen molar-refractivity contribution in [3.8, 4) is 0 Å². The summed E-state index contributed by atoms with van der Waals surface area (Å²) in [6.45, 7) is 6.00. The van der Waals surface area contributed by atoms with Crippen molar-refractivity contribution in [3.63, 3.8) is 0 Å². The van der Waals surface area contributed by atoms with Gasteiger partial charge in [0, 0.05) is 11.4 Å². The molecule has 0 saturated heterocycles. The third kappa shape index (κ3) is 2.89. The molecule has 19 heavy (non-hydrogen) atoms. The van der Waals surface area contributed by atoms with Crippen molar-refractivity contribution in [1.82, 2.24) is 14.8 Å². The molecule has 0 spiro atoms. The van der Waals surface area contributed by atoms with E-state index >= 15 is 0 Å². The number of hydrogen-bond donors (Lipinski definition) is 1. The molecular formula is C13H18N4OS. The zero-order valence-electron chi connectivity index (χ0n) is 11.5. The molecular weight excluding hydrogens is 260 g/mol. The monoisotopic (exact) mass is 278 g/mol. The number of fused-ring (bicyclic) bond motifs is 1. The summed E-state index contributed by atoms with van der Waals surface area (Å²) in [5.41, 5.74) is 1.55. The molecule has 5 nitrogen and oxygen atoms in total. The number of anilines is 1. The fourth-order valence-corrected chi connectivity index (χ4v) is 2.01. The molecule has 0 radical (unpaired) electrons. The molecule has 102 valence electrons. The first-order valence-electron chi connectivity index (χ1n) is 6.20. The minimum Gasteiger partial charge on any atom is -0.324 e. The second-order valence-corrected chi connectivity index (χ2v) is 5.87. The van der Waals surface area contributed by atoms with Gasteiger partial charge >= 0.3 is 0 Å². The Morgan fingerprint density at radius 1 is 1.37 bits per heavy atom. The number of nitrogens with zero attached hydrogens (tertiary/aromatic N) is 3. The number of nitrogens with one attached hydrogen (secondary N) is 1. The Kier molecular flexibility index (Phi) is 4.09. The van der Waals surface area contributed by atoms with Gasteiger partial charge in [0.2, 0.25) is 5.91 Å². The van der Waals surface area contributed by atoms with Gasteiger partial charge < -0.3 is 5.32 Å². The molecule has 6 heteroatoms. The highest BCUT2D eigenvalue weighted by Gasteiger charge is 2.13. The second kappa shape index (κ2) is 5.61. The highest BCUT2D eigenvalue weighted by molar-refractivity contribution is 7.99. The number of amides is 1. The molecule has 2 rings (SSSR count). The van der Waals surface area contributed by atoms with Gasteiger partial charge in [-0.25, -0.2) is 9.67 Å². The lowest BCUT2D eigenvalue weighted by atomic mass is 10.3. The topological polar surface area (TPSA) is 59.8 Å². The van der Waals surface area contributed by atoms with Crippen molar-refractivity contribution in [2.45, 2.75) is 32.1 Å². The lowest BCUT2D eigenvalue weighted by Gasteiger charge is -2.10. The van der Waals surface area contributed by atoms with Gasteiger partial charge in [0.25, 0.3) is 0 Å². The fourth-order valence-electron chi connectivity index (χ4n) is 1.74. The molecule has 0 unspecified atom stereocenters. The van der Waals surface area contributed by atoms with Gasteiger partial charge in [0.05, 0.1) is 23.3 Å². The zero-order valence-corrected chi connectivity index (χ0v) is 12.4. The van der Waals surface area contributed by atoms with Crippen LogP contribution >= 0.6 is 11.8 Å². The molecule has 0 aliphatic heterocycles. The van der Waals surface area contributed by atoms with Crippen LogP contribution in [0.25, 0.3) is 11.0 Å². The molecule has 0 fully saturated rings. The van der Waals surface area contributed by atoms with E-state index in [0.717, 1.165) is 11.0 Å². The predicted molar refractivity (Wildman–Crippen MR) is 79.5 cm³/mol. The number of aromatic nitrogens is 3. The number of rotatable bonds is 4.